The molecule has 10 rings (SSSR count). The first-order valence-electron chi connectivity index (χ1n) is 29.8. The van der Waals surface area contributed by atoms with Gasteiger partial charge in [-0.1, -0.05) is 79.4 Å². The molecule has 0 radical (unpaired) electrons. The SMILES string of the molecule is C=CCC[C@@H](C)Oc1nc(-c2nnc(C(OCc3ccccc3)C(F)(F)C=C)o2)c([N+](=O)[O-])cc1C.Cc1cc(N)c2nc1O[C@H](C)CCCCC(F)(F)C(O)c1nnc-2o1.Cc1cc([N+](=O)[O-])c2nc1O[C@H](C)CCC=CC(F)(F)C(OCc1ccccc1)c1nnc-2o1. The molecule has 2 aliphatic rings. The number of fused-ring (bicyclic) bond motifs is 10. The van der Waals surface area contributed by atoms with E-state index in [1.807, 2.05) is 20.8 Å². The van der Waals surface area contributed by atoms with E-state index < -0.39 is 87.3 Å². The van der Waals surface area contributed by atoms with Crippen LogP contribution in [0.4, 0.5) is 43.4 Å². The molecule has 8 aromatic rings. The van der Waals surface area contributed by atoms with Crippen LogP contribution >= 0.6 is 0 Å². The zero-order valence-corrected chi connectivity index (χ0v) is 52.4. The number of pyridine rings is 3. The van der Waals surface area contributed by atoms with E-state index in [1.54, 1.807) is 93.6 Å². The van der Waals surface area contributed by atoms with Crippen LogP contribution in [0.15, 0.2) is 130 Å². The lowest BCUT2D eigenvalue weighted by Gasteiger charge is -2.22. The van der Waals surface area contributed by atoms with E-state index in [-0.39, 0.29) is 84.3 Å². The lowest BCUT2D eigenvalue weighted by Crippen LogP contribution is -2.27. The third-order valence-corrected chi connectivity index (χ3v) is 14.6. The Hall–Kier alpha value is -10.0. The first-order chi connectivity index (χ1) is 45.2. The fourth-order valence-corrected chi connectivity index (χ4v) is 9.40. The predicted octanol–water partition coefficient (Wildman–Crippen LogP) is 14.6. The van der Waals surface area contributed by atoms with Crippen molar-refractivity contribution in [1.29, 1.82) is 0 Å². The van der Waals surface area contributed by atoms with Gasteiger partial charge in [-0.25, -0.2) is 23.7 Å². The van der Waals surface area contributed by atoms with Gasteiger partial charge >= 0.3 is 23.2 Å². The van der Waals surface area contributed by atoms with E-state index in [1.165, 1.54) is 18.2 Å². The van der Waals surface area contributed by atoms with E-state index in [0.717, 1.165) is 11.6 Å². The van der Waals surface area contributed by atoms with E-state index in [4.69, 9.17) is 42.7 Å². The van der Waals surface area contributed by atoms with Crippen LogP contribution in [0.3, 0.4) is 0 Å². The van der Waals surface area contributed by atoms with Gasteiger partial charge < -0.3 is 47.8 Å². The Morgan fingerprint density at radius 1 is 0.737 bits per heavy atom. The van der Waals surface area contributed by atoms with Crippen LogP contribution in [-0.2, 0) is 22.7 Å². The van der Waals surface area contributed by atoms with Gasteiger partial charge in [0.2, 0.25) is 41.2 Å². The van der Waals surface area contributed by atoms with Gasteiger partial charge in [-0.3, -0.25) is 20.2 Å². The predicted molar refractivity (Wildman–Crippen MR) is 329 cm³/mol. The number of aromatic nitrogens is 9. The minimum atomic E-state index is -3.57. The van der Waals surface area contributed by atoms with E-state index in [0.29, 0.717) is 72.7 Å². The molecule has 8 bridgehead atoms. The number of aliphatic hydroxyl groups is 1. The number of aryl methyl sites for hydroxylation is 3. The quantitative estimate of drug-likeness (QED) is 0.0370. The van der Waals surface area contributed by atoms with Crippen LogP contribution in [0.1, 0.15) is 136 Å². The van der Waals surface area contributed by atoms with Crippen LogP contribution in [0.25, 0.3) is 34.8 Å². The summed E-state index contributed by atoms with van der Waals surface area (Å²) in [5.74, 6) is -12.4. The summed E-state index contributed by atoms with van der Waals surface area (Å²) in [6.45, 7) is 17.0. The molecular weight excluding hydrogens is 1260 g/mol. The van der Waals surface area contributed by atoms with E-state index >= 15 is 8.78 Å². The van der Waals surface area contributed by atoms with Crippen LogP contribution < -0.4 is 19.9 Å². The molecule has 2 aromatic carbocycles. The summed E-state index contributed by atoms with van der Waals surface area (Å²) in [4.78, 5) is 34.8. The van der Waals surface area contributed by atoms with Gasteiger partial charge in [-0.2, -0.15) is 17.6 Å². The summed E-state index contributed by atoms with van der Waals surface area (Å²) in [6.07, 6.45) is 0.296. The highest BCUT2D eigenvalue weighted by atomic mass is 19.3. The normalized spacial score (nSPS) is 18.2. The molecule has 31 heteroatoms. The van der Waals surface area contributed by atoms with Gasteiger partial charge in [0.1, 0.15) is 0 Å². The molecule has 0 aliphatic carbocycles. The number of nitrogens with zero attached hydrogens (tertiary/aromatic N) is 11. The minimum Gasteiger partial charge on any atom is -0.474 e. The Morgan fingerprint density at radius 3 is 1.92 bits per heavy atom. The Morgan fingerprint density at radius 2 is 1.28 bits per heavy atom. The van der Waals surface area contributed by atoms with E-state index in [2.05, 4.69) is 58.7 Å². The first-order valence-corrected chi connectivity index (χ1v) is 29.8. The van der Waals surface area contributed by atoms with E-state index in [9.17, 15) is 42.9 Å². The van der Waals surface area contributed by atoms with Gasteiger partial charge in [0.15, 0.2) is 11.8 Å². The van der Waals surface area contributed by atoms with Crippen molar-refractivity contribution in [2.75, 3.05) is 5.73 Å². The van der Waals surface area contributed by atoms with Gasteiger partial charge in [0.25, 0.3) is 41.3 Å². The molecule has 3 unspecified atom stereocenters. The molecule has 8 heterocycles. The second-order valence-corrected chi connectivity index (χ2v) is 22.3. The number of aliphatic hydroxyl groups excluding tert-OH is 1. The molecular formula is C64H68F6N12O13. The lowest BCUT2D eigenvalue weighted by molar-refractivity contribution is -0.384. The zero-order chi connectivity index (χ0) is 68.8. The van der Waals surface area contributed by atoms with Crippen molar-refractivity contribution in [3.8, 4) is 52.4 Å². The monoisotopic (exact) mass is 1330 g/mol. The summed E-state index contributed by atoms with van der Waals surface area (Å²) < 4.78 is 133. The topological polar surface area (TPSA) is 334 Å². The van der Waals surface area contributed by atoms with Crippen molar-refractivity contribution in [2.24, 2.45) is 0 Å². The number of ether oxygens (including phenoxy) is 5. The highest BCUT2D eigenvalue weighted by molar-refractivity contribution is 5.68. The number of halogens is 6. The van der Waals surface area contributed by atoms with Crippen molar-refractivity contribution < 1.29 is 78.2 Å². The maximum Gasteiger partial charge on any atom is 0.301 e. The lowest BCUT2D eigenvalue weighted by atomic mass is 10.0. The molecule has 0 spiro atoms. The fraction of sp³-hybridized carbons (Fsp3) is 0.391. The number of allylic oxidation sites excluding steroid dienone is 2. The van der Waals surface area contributed by atoms with Crippen molar-refractivity contribution >= 4 is 17.1 Å². The number of rotatable bonds is 17. The van der Waals surface area contributed by atoms with Crippen molar-refractivity contribution in [3.05, 3.63) is 182 Å². The number of alkyl halides is 6. The van der Waals surface area contributed by atoms with Gasteiger partial charge in [-0.05, 0) is 116 Å². The molecule has 2 aliphatic heterocycles. The second kappa shape index (κ2) is 31.3. The first kappa shape index (κ1) is 70.9. The minimum absolute atomic E-state index is 0.125. The molecule has 0 saturated heterocycles. The average Bonchev–Trinajstić information content (AvgIpc) is 1.73. The van der Waals surface area contributed by atoms with Gasteiger partial charge in [0.05, 0.1) is 47.1 Å². The molecule has 0 amide bonds. The highest BCUT2D eigenvalue weighted by Crippen LogP contribution is 2.43. The molecule has 6 atom stereocenters. The summed E-state index contributed by atoms with van der Waals surface area (Å²) in [5.41, 5.74) is 7.82. The van der Waals surface area contributed by atoms with Crippen molar-refractivity contribution in [3.63, 3.8) is 0 Å². The number of nitro groups is 2. The van der Waals surface area contributed by atoms with Crippen LogP contribution in [0, 0.1) is 41.0 Å². The second-order valence-electron chi connectivity index (χ2n) is 22.3. The standard InChI is InChI=1S/C25H26F2N4O5.C23H22F2N4O5.C16H20F2N4O3/c1-5-7-11-17(4)35-22-16(3)14-19(31(32)33)20(28-22)23-29-30-24(36-23)21(25(26,27)6-2)34-15-18-12-9-8-10-13-18;1-14-12-17(29(30)31)18-21-27-28-22(34-21)19(32-13-16-9-4-3-5-10-16)23(24,25)11-7-6-8-15(2)33-20(14)26-18;1-8-7-10(19)11-14-21-22-15(25-14)12(23)16(17,18)6-4-3-5-9(2)24-13(8)20-11/h5-6,8-10,12-14,17,21H,1-2,7,11,15H2,3-4H3;3-5,7,9-12,15,19H,6,8,13H2,1-2H3;7,9,12,23H,3-6,19H2,1-2H3/t17-,21?;15-,19?;9-,12?/m111/s1. The van der Waals surface area contributed by atoms with Crippen molar-refractivity contribution in [2.45, 2.75) is 161 Å². The van der Waals surface area contributed by atoms with Crippen LogP contribution in [-0.4, -0.2) is 96.6 Å². The fourth-order valence-electron chi connectivity index (χ4n) is 9.40. The number of hydrogen-bond acceptors (Lipinski definition) is 23. The third-order valence-electron chi connectivity index (χ3n) is 14.6. The third kappa shape index (κ3) is 18.2. The Balaban J connectivity index is 0.000000185. The van der Waals surface area contributed by atoms with Gasteiger partial charge in [0, 0.05) is 35.2 Å². The number of nitrogens with two attached hydrogens (primary N) is 1. The number of benzene rings is 2. The maximum absolute atomic E-state index is 15.2. The molecule has 25 nitrogen and oxygen atoms in total. The Bertz CT molecular complexity index is 3970. The molecule has 3 N–H and O–H groups in total. The van der Waals surface area contributed by atoms with Crippen molar-refractivity contribution in [1.82, 2.24) is 45.5 Å². The molecule has 0 fully saturated rings. The highest BCUT2D eigenvalue weighted by Gasteiger charge is 2.46. The number of nitrogen functional groups attached to an aromatic ring is 1. The average molecular weight is 1330 g/mol. The summed E-state index contributed by atoms with van der Waals surface area (Å²) >= 11 is 0. The summed E-state index contributed by atoms with van der Waals surface area (Å²) in [7, 11) is 0. The molecule has 6 aromatic heterocycles. The number of anilines is 1. The van der Waals surface area contributed by atoms with Crippen LogP contribution in [0.5, 0.6) is 17.6 Å². The Labute approximate surface area is 539 Å². The number of hydrogen-bond donors (Lipinski definition) is 2. The Kier molecular flexibility index (Phi) is 23.3. The summed E-state index contributed by atoms with van der Waals surface area (Å²) in [6, 6.07) is 21.6. The molecule has 504 valence electrons. The largest absolute Gasteiger partial charge is 0.474 e. The smallest absolute Gasteiger partial charge is 0.301 e. The van der Waals surface area contributed by atoms with Gasteiger partial charge in [-0.15, -0.1) is 37.2 Å². The molecule has 0 saturated carbocycles. The zero-order valence-electron chi connectivity index (χ0n) is 52.4. The molecule has 95 heavy (non-hydrogen) atoms. The maximum atomic E-state index is 15.2. The van der Waals surface area contributed by atoms with Crippen LogP contribution in [0.2, 0.25) is 0 Å². The summed E-state index contributed by atoms with van der Waals surface area (Å²) in [5, 5.41) is 55.4.